The molecule has 2 aromatic carbocycles. The minimum absolute atomic E-state index is 0.0886. The number of halogens is 1. The van der Waals surface area contributed by atoms with Crippen molar-refractivity contribution in [3.05, 3.63) is 64.1 Å². The number of carbonyl (C=O) groups is 1. The van der Waals surface area contributed by atoms with Gasteiger partial charge in [-0.15, -0.1) is 0 Å². The Morgan fingerprint density at radius 1 is 1.23 bits per heavy atom. The van der Waals surface area contributed by atoms with Gasteiger partial charge in [0.05, 0.1) is 10.7 Å². The fourth-order valence-corrected chi connectivity index (χ4v) is 2.15. The zero-order valence-corrected chi connectivity index (χ0v) is 13.8. The molecule has 0 spiro atoms. The van der Waals surface area contributed by atoms with Gasteiger partial charge in [0.15, 0.2) is 6.61 Å². The first-order valence-electron chi connectivity index (χ1n) is 6.97. The van der Waals surface area contributed by atoms with Crippen LogP contribution >= 0.6 is 15.9 Å². The number of rotatable bonds is 6. The molecule has 1 amide bonds. The van der Waals surface area contributed by atoms with Crippen molar-refractivity contribution >= 4 is 28.1 Å². The fourth-order valence-electron chi connectivity index (χ4n) is 1.76. The minimum atomic E-state index is -0.308. The maximum absolute atomic E-state index is 11.7. The fraction of sp³-hybridized carbons (Fsp3) is 0.176. The van der Waals surface area contributed by atoms with Crippen molar-refractivity contribution in [3.8, 4) is 5.75 Å². The van der Waals surface area contributed by atoms with Crippen LogP contribution < -0.4 is 10.2 Å². The van der Waals surface area contributed by atoms with Crippen LogP contribution in [0.5, 0.6) is 5.75 Å². The van der Waals surface area contributed by atoms with E-state index in [9.17, 15) is 4.79 Å². The molecule has 0 saturated carbocycles. The van der Waals surface area contributed by atoms with Gasteiger partial charge in [-0.2, -0.15) is 5.10 Å². The predicted molar refractivity (Wildman–Crippen MR) is 91.2 cm³/mol. The van der Waals surface area contributed by atoms with Crippen molar-refractivity contribution in [2.45, 2.75) is 13.3 Å². The normalized spacial score (nSPS) is 10.6. The van der Waals surface area contributed by atoms with E-state index < -0.39 is 0 Å². The van der Waals surface area contributed by atoms with Crippen LogP contribution in [0.3, 0.4) is 0 Å². The summed E-state index contributed by atoms with van der Waals surface area (Å²) in [6, 6.07) is 15.4. The van der Waals surface area contributed by atoms with Gasteiger partial charge >= 0.3 is 0 Å². The molecule has 22 heavy (non-hydrogen) atoms. The third-order valence-corrected chi connectivity index (χ3v) is 3.64. The summed E-state index contributed by atoms with van der Waals surface area (Å²) < 4.78 is 6.21. The number of nitrogens with zero attached hydrogens (tertiary/aromatic N) is 1. The Labute approximate surface area is 138 Å². The van der Waals surface area contributed by atoms with Crippen LogP contribution in [0, 0.1) is 0 Å². The molecule has 0 bridgehead atoms. The number of ether oxygens (including phenoxy) is 1. The zero-order valence-electron chi connectivity index (χ0n) is 12.3. The molecular formula is C17H17BrN2O2. The quantitative estimate of drug-likeness (QED) is 0.632. The summed E-state index contributed by atoms with van der Waals surface area (Å²) in [6.45, 7) is 2.02. The van der Waals surface area contributed by atoms with E-state index >= 15 is 0 Å². The third-order valence-electron chi connectivity index (χ3n) is 2.99. The number of hydrogen-bond donors (Lipinski definition) is 1. The van der Waals surface area contributed by atoms with E-state index in [1.165, 1.54) is 5.56 Å². The Morgan fingerprint density at radius 3 is 2.64 bits per heavy atom. The van der Waals surface area contributed by atoms with Crippen LogP contribution in [0.15, 0.2) is 58.1 Å². The molecule has 4 nitrogen and oxygen atoms in total. The lowest BCUT2D eigenvalue weighted by molar-refractivity contribution is -0.123. The first kappa shape index (κ1) is 16.2. The standard InChI is InChI=1S/C17H17BrN2O2/c1-2-13-7-9-14(10-8-13)11-19-20-17(21)12-22-16-6-4-3-5-15(16)18/h3-11H,2,12H2,1H3,(H,20,21)/b19-11+. The molecule has 2 rings (SSSR count). The smallest absolute Gasteiger partial charge is 0.277 e. The molecule has 0 saturated heterocycles. The van der Waals surface area contributed by atoms with Crippen molar-refractivity contribution in [2.24, 2.45) is 5.10 Å². The van der Waals surface area contributed by atoms with Gasteiger partial charge in [0.25, 0.3) is 5.91 Å². The van der Waals surface area contributed by atoms with E-state index in [-0.39, 0.29) is 12.5 Å². The van der Waals surface area contributed by atoms with Crippen molar-refractivity contribution in [1.29, 1.82) is 0 Å². The van der Waals surface area contributed by atoms with Gasteiger partial charge in [-0.3, -0.25) is 4.79 Å². The molecule has 0 atom stereocenters. The van der Waals surface area contributed by atoms with Gasteiger partial charge in [-0.25, -0.2) is 5.43 Å². The van der Waals surface area contributed by atoms with E-state index in [1.54, 1.807) is 12.3 Å². The highest BCUT2D eigenvalue weighted by Crippen LogP contribution is 2.23. The number of hydrogen-bond acceptors (Lipinski definition) is 3. The van der Waals surface area contributed by atoms with Gasteiger partial charge in [-0.05, 0) is 45.6 Å². The molecule has 0 aromatic heterocycles. The molecule has 114 valence electrons. The monoisotopic (exact) mass is 360 g/mol. The molecule has 0 radical (unpaired) electrons. The number of para-hydroxylation sites is 1. The first-order valence-corrected chi connectivity index (χ1v) is 7.76. The third kappa shape index (κ3) is 5.00. The average Bonchev–Trinajstić information content (AvgIpc) is 2.55. The topological polar surface area (TPSA) is 50.7 Å². The lowest BCUT2D eigenvalue weighted by atomic mass is 10.1. The van der Waals surface area contributed by atoms with Gasteiger partial charge < -0.3 is 4.74 Å². The maximum atomic E-state index is 11.7. The Balaban J connectivity index is 1.79. The summed E-state index contributed by atoms with van der Waals surface area (Å²) in [4.78, 5) is 11.7. The second kappa shape index (κ2) is 8.34. The molecular weight excluding hydrogens is 344 g/mol. The zero-order chi connectivity index (χ0) is 15.8. The van der Waals surface area contributed by atoms with Crippen molar-refractivity contribution in [3.63, 3.8) is 0 Å². The summed E-state index contributed by atoms with van der Waals surface area (Å²) in [6.07, 6.45) is 2.61. The largest absolute Gasteiger partial charge is 0.483 e. The summed E-state index contributed by atoms with van der Waals surface area (Å²) in [5.41, 5.74) is 4.64. The molecule has 1 N–H and O–H groups in total. The highest BCUT2D eigenvalue weighted by atomic mass is 79.9. The summed E-state index contributed by atoms with van der Waals surface area (Å²) in [5.74, 6) is 0.314. The van der Waals surface area contributed by atoms with Gasteiger partial charge in [0.2, 0.25) is 0 Å². The number of benzene rings is 2. The molecule has 0 aliphatic carbocycles. The lowest BCUT2D eigenvalue weighted by Gasteiger charge is -2.06. The highest BCUT2D eigenvalue weighted by Gasteiger charge is 2.03. The summed E-state index contributed by atoms with van der Waals surface area (Å²) >= 11 is 3.35. The molecule has 5 heteroatoms. The lowest BCUT2D eigenvalue weighted by Crippen LogP contribution is -2.24. The van der Waals surface area contributed by atoms with Gasteiger partial charge in [-0.1, -0.05) is 43.3 Å². The number of aryl methyl sites for hydroxylation is 1. The molecule has 0 unspecified atom stereocenters. The van der Waals surface area contributed by atoms with E-state index in [0.717, 1.165) is 16.5 Å². The number of amides is 1. The highest BCUT2D eigenvalue weighted by molar-refractivity contribution is 9.10. The van der Waals surface area contributed by atoms with E-state index in [1.807, 2.05) is 42.5 Å². The average molecular weight is 361 g/mol. The van der Waals surface area contributed by atoms with Crippen LogP contribution in [0.4, 0.5) is 0 Å². The summed E-state index contributed by atoms with van der Waals surface area (Å²) in [7, 11) is 0. The van der Waals surface area contributed by atoms with E-state index in [4.69, 9.17) is 4.74 Å². The van der Waals surface area contributed by atoms with Crippen LogP contribution in [0.2, 0.25) is 0 Å². The number of carbonyl (C=O) groups excluding carboxylic acids is 1. The van der Waals surface area contributed by atoms with Crippen molar-refractivity contribution < 1.29 is 9.53 Å². The second-order valence-electron chi connectivity index (χ2n) is 4.61. The van der Waals surface area contributed by atoms with Crippen LogP contribution in [0.25, 0.3) is 0 Å². The Kier molecular flexibility index (Phi) is 6.15. The predicted octanol–water partition coefficient (Wildman–Crippen LogP) is 3.54. The molecule has 0 aliphatic rings. The first-order chi connectivity index (χ1) is 10.7. The van der Waals surface area contributed by atoms with E-state index in [2.05, 4.69) is 33.4 Å². The molecule has 0 heterocycles. The number of hydrazone groups is 1. The van der Waals surface area contributed by atoms with Crippen LogP contribution in [-0.2, 0) is 11.2 Å². The summed E-state index contributed by atoms with van der Waals surface area (Å²) in [5, 5.41) is 3.92. The molecule has 0 aliphatic heterocycles. The molecule has 0 fully saturated rings. The van der Waals surface area contributed by atoms with Gasteiger partial charge in [0.1, 0.15) is 5.75 Å². The Bertz CT molecular complexity index is 654. The second-order valence-corrected chi connectivity index (χ2v) is 5.46. The van der Waals surface area contributed by atoms with Crippen molar-refractivity contribution in [2.75, 3.05) is 6.61 Å². The van der Waals surface area contributed by atoms with Crippen molar-refractivity contribution in [1.82, 2.24) is 5.43 Å². The minimum Gasteiger partial charge on any atom is -0.483 e. The van der Waals surface area contributed by atoms with E-state index in [0.29, 0.717) is 5.75 Å². The van der Waals surface area contributed by atoms with Crippen LogP contribution in [-0.4, -0.2) is 18.7 Å². The van der Waals surface area contributed by atoms with Gasteiger partial charge in [0, 0.05) is 0 Å². The number of nitrogens with one attached hydrogen (secondary N) is 1. The molecule has 2 aromatic rings. The Morgan fingerprint density at radius 2 is 1.95 bits per heavy atom. The SMILES string of the molecule is CCc1ccc(/C=N/NC(=O)COc2ccccc2Br)cc1. The Hall–Kier alpha value is -2.14. The maximum Gasteiger partial charge on any atom is 0.277 e. The van der Waals surface area contributed by atoms with Crippen LogP contribution in [0.1, 0.15) is 18.1 Å².